The van der Waals surface area contributed by atoms with Crippen LogP contribution in [0.15, 0.2) is 54.6 Å². The zero-order chi connectivity index (χ0) is 21.1. The van der Waals surface area contributed by atoms with Gasteiger partial charge >= 0.3 is 5.97 Å². The number of benzene rings is 2. The Labute approximate surface area is 171 Å². The highest BCUT2D eigenvalue weighted by atomic mass is 16.5. The number of nitrogens with zero attached hydrogens (tertiary/aromatic N) is 1. The number of esters is 1. The van der Waals surface area contributed by atoms with Crippen LogP contribution < -0.4 is 16.2 Å². The van der Waals surface area contributed by atoms with E-state index in [2.05, 4.69) is 4.74 Å². The fraction of sp³-hybridized carbons (Fsp3) is 0.364. The first kappa shape index (κ1) is 22.2. The van der Waals surface area contributed by atoms with Crippen molar-refractivity contribution in [1.29, 1.82) is 5.26 Å². The summed E-state index contributed by atoms with van der Waals surface area (Å²) < 4.78 is 15.3. The Morgan fingerprint density at radius 2 is 1.79 bits per heavy atom. The Morgan fingerprint density at radius 3 is 2.34 bits per heavy atom. The van der Waals surface area contributed by atoms with Crippen LogP contribution in [0.3, 0.4) is 0 Å². The van der Waals surface area contributed by atoms with E-state index in [4.69, 9.17) is 26.2 Å². The first-order chi connectivity index (χ1) is 14.0. The van der Waals surface area contributed by atoms with Crippen molar-refractivity contribution in [2.24, 2.45) is 11.7 Å². The molecule has 0 aromatic heterocycles. The topological polar surface area (TPSA) is 121 Å². The smallest absolute Gasteiger partial charge is 0.341 e. The van der Waals surface area contributed by atoms with E-state index in [1.54, 1.807) is 0 Å². The van der Waals surface area contributed by atoms with E-state index >= 15 is 0 Å². The number of methoxy groups -OCH3 is 1. The molecule has 4 N–H and O–H groups in total. The highest BCUT2D eigenvalue weighted by molar-refractivity contribution is 5.84. The van der Waals surface area contributed by atoms with Crippen LogP contribution >= 0.6 is 0 Å². The summed E-state index contributed by atoms with van der Waals surface area (Å²) in [6, 6.07) is 19.3. The summed E-state index contributed by atoms with van der Waals surface area (Å²) in [7, 11) is 1.24. The van der Waals surface area contributed by atoms with Crippen molar-refractivity contribution in [3.8, 4) is 11.8 Å². The number of nitrogen functional groups attached to an aromatic ring is 1. The Bertz CT molecular complexity index is 799. The van der Waals surface area contributed by atoms with Crippen LogP contribution in [0.4, 0.5) is 5.69 Å². The first-order valence-corrected chi connectivity index (χ1v) is 9.38. The second-order valence-electron chi connectivity index (χ2n) is 6.70. The molecule has 1 atom stereocenters. The maximum Gasteiger partial charge on any atom is 0.341 e. The molecule has 29 heavy (non-hydrogen) atoms. The van der Waals surface area contributed by atoms with E-state index in [1.165, 1.54) is 7.11 Å². The third-order valence-corrected chi connectivity index (χ3v) is 4.70. The normalized spacial score (nSPS) is 15.8. The molecule has 1 unspecified atom stereocenters. The summed E-state index contributed by atoms with van der Waals surface area (Å²) in [5.41, 5.74) is 11.7. The van der Waals surface area contributed by atoms with Crippen LogP contribution in [0, 0.1) is 17.2 Å². The van der Waals surface area contributed by atoms with Gasteiger partial charge in [-0.3, -0.25) is 0 Å². The molecule has 2 aromatic carbocycles. The van der Waals surface area contributed by atoms with E-state index in [1.807, 2.05) is 60.7 Å². The predicted octanol–water partition coefficient (Wildman–Crippen LogP) is 2.65. The molecule has 7 heteroatoms. The number of hydrogen-bond donors (Lipinski definition) is 2. The van der Waals surface area contributed by atoms with E-state index < -0.39 is 11.5 Å². The van der Waals surface area contributed by atoms with Crippen molar-refractivity contribution < 1.29 is 19.0 Å². The highest BCUT2D eigenvalue weighted by Gasteiger charge is 2.44. The molecule has 0 saturated carbocycles. The van der Waals surface area contributed by atoms with Gasteiger partial charge in [0.1, 0.15) is 12.4 Å². The maximum absolute atomic E-state index is 11.4. The summed E-state index contributed by atoms with van der Waals surface area (Å²) in [5.74, 6) is 0.00801. The zero-order valence-corrected chi connectivity index (χ0v) is 16.5. The third kappa shape index (κ3) is 6.49. The first-order valence-electron chi connectivity index (χ1n) is 9.38. The minimum absolute atomic E-state index is 0.173. The van der Waals surface area contributed by atoms with Gasteiger partial charge in [0, 0.05) is 24.8 Å². The molecule has 3 rings (SSSR count). The third-order valence-electron chi connectivity index (χ3n) is 4.70. The maximum atomic E-state index is 11.4. The molecular formula is C22H27N3O4. The highest BCUT2D eigenvalue weighted by Crippen LogP contribution is 2.26. The summed E-state index contributed by atoms with van der Waals surface area (Å²) in [6.45, 7) is 1.68. The minimum Gasteiger partial charge on any atom is -0.489 e. The van der Waals surface area contributed by atoms with Crippen LogP contribution in [0.25, 0.3) is 0 Å². The number of ether oxygens (including phenoxy) is 3. The van der Waals surface area contributed by atoms with E-state index in [0.717, 1.165) is 17.0 Å². The monoisotopic (exact) mass is 397 g/mol. The van der Waals surface area contributed by atoms with Crippen LogP contribution in [0.2, 0.25) is 0 Å². The number of carbonyl (C=O) groups excluding carboxylic acids is 1. The SMILES string of the molecule is COC(=O)C(N)(C#N)C1CCOCC1.Nc1ccc(OCc2ccccc2)cc1. The average molecular weight is 397 g/mol. The predicted molar refractivity (Wildman–Crippen MR) is 110 cm³/mol. The van der Waals surface area contributed by atoms with E-state index in [0.29, 0.717) is 32.7 Å². The molecule has 1 saturated heterocycles. The molecule has 1 aliphatic heterocycles. The van der Waals surface area contributed by atoms with Gasteiger partial charge in [0.15, 0.2) is 0 Å². The number of nitrogens with two attached hydrogens (primary N) is 2. The van der Waals surface area contributed by atoms with Crippen molar-refractivity contribution in [2.75, 3.05) is 26.1 Å². The molecule has 2 aromatic rings. The Hall–Kier alpha value is -3.08. The number of rotatable bonds is 5. The Kier molecular flexibility index (Phi) is 8.46. The van der Waals surface area contributed by atoms with Gasteiger partial charge in [-0.25, -0.2) is 4.79 Å². The quantitative estimate of drug-likeness (QED) is 0.588. The van der Waals surface area contributed by atoms with Gasteiger partial charge in [0.2, 0.25) is 5.54 Å². The van der Waals surface area contributed by atoms with Gasteiger partial charge in [-0.05, 0) is 42.7 Å². The molecule has 0 bridgehead atoms. The molecule has 1 fully saturated rings. The molecule has 1 aliphatic rings. The van der Waals surface area contributed by atoms with Crippen LogP contribution in [0.5, 0.6) is 5.75 Å². The minimum atomic E-state index is -1.52. The van der Waals surface area contributed by atoms with Crippen molar-refractivity contribution in [2.45, 2.75) is 25.0 Å². The molecule has 0 amide bonds. The number of hydrogen-bond acceptors (Lipinski definition) is 7. The summed E-state index contributed by atoms with van der Waals surface area (Å²) in [6.07, 6.45) is 1.25. The van der Waals surface area contributed by atoms with Gasteiger partial charge in [-0.15, -0.1) is 0 Å². The van der Waals surface area contributed by atoms with Gasteiger partial charge < -0.3 is 25.7 Å². The standard InChI is InChI=1S/C13H13NO.C9H14N2O3/c14-12-6-8-13(9-7-12)15-10-11-4-2-1-3-5-11;1-13-8(12)9(11,6-10)7-2-4-14-5-3-7/h1-9H,10,14H2;7H,2-5,11H2,1H3. The van der Waals surface area contributed by atoms with Crippen molar-refractivity contribution in [1.82, 2.24) is 0 Å². The van der Waals surface area contributed by atoms with Gasteiger partial charge in [0.05, 0.1) is 13.2 Å². The van der Waals surface area contributed by atoms with Gasteiger partial charge in [-0.1, -0.05) is 30.3 Å². The van der Waals surface area contributed by atoms with Crippen LogP contribution in [0.1, 0.15) is 18.4 Å². The molecule has 0 radical (unpaired) electrons. The molecule has 154 valence electrons. The van der Waals surface area contributed by atoms with Crippen molar-refractivity contribution in [3.05, 3.63) is 60.2 Å². The van der Waals surface area contributed by atoms with Gasteiger partial charge in [-0.2, -0.15) is 5.26 Å². The largest absolute Gasteiger partial charge is 0.489 e. The number of carbonyl (C=O) groups is 1. The zero-order valence-electron chi connectivity index (χ0n) is 16.5. The Balaban J connectivity index is 0.000000208. The molecule has 0 aliphatic carbocycles. The lowest BCUT2D eigenvalue weighted by atomic mass is 9.81. The van der Waals surface area contributed by atoms with Gasteiger partial charge in [0.25, 0.3) is 0 Å². The molecular weight excluding hydrogens is 370 g/mol. The summed E-state index contributed by atoms with van der Waals surface area (Å²) >= 11 is 0. The van der Waals surface area contributed by atoms with Crippen LogP contribution in [-0.4, -0.2) is 31.8 Å². The lowest BCUT2D eigenvalue weighted by Crippen LogP contribution is -2.55. The fourth-order valence-electron chi connectivity index (χ4n) is 2.93. The van der Waals surface area contributed by atoms with Crippen molar-refractivity contribution in [3.63, 3.8) is 0 Å². The van der Waals surface area contributed by atoms with E-state index in [9.17, 15) is 4.79 Å². The molecule has 7 nitrogen and oxygen atoms in total. The second-order valence-corrected chi connectivity index (χ2v) is 6.70. The average Bonchev–Trinajstić information content (AvgIpc) is 2.79. The number of nitriles is 1. The number of anilines is 1. The van der Waals surface area contributed by atoms with Crippen LogP contribution in [-0.2, 0) is 20.9 Å². The molecule has 0 spiro atoms. The van der Waals surface area contributed by atoms with Crippen molar-refractivity contribution >= 4 is 11.7 Å². The lowest BCUT2D eigenvalue weighted by Gasteiger charge is -2.31. The lowest BCUT2D eigenvalue weighted by molar-refractivity contribution is -0.147. The summed E-state index contributed by atoms with van der Waals surface area (Å²) in [5, 5.41) is 8.92. The fourth-order valence-corrected chi connectivity index (χ4v) is 2.93. The Morgan fingerprint density at radius 1 is 1.17 bits per heavy atom. The second kappa shape index (κ2) is 11.1. The van der Waals surface area contributed by atoms with E-state index in [-0.39, 0.29) is 5.92 Å². The molecule has 1 heterocycles. The summed E-state index contributed by atoms with van der Waals surface area (Å²) in [4.78, 5) is 11.4.